The quantitative estimate of drug-likeness (QED) is 0.905. The molecule has 0 fully saturated rings. The maximum absolute atomic E-state index is 5.25. The minimum absolute atomic E-state index is 0.423. The van der Waals surface area contributed by atoms with Crippen LogP contribution in [0.25, 0.3) is 0 Å². The van der Waals surface area contributed by atoms with E-state index in [9.17, 15) is 0 Å². The van der Waals surface area contributed by atoms with Crippen LogP contribution in [-0.2, 0) is 12.8 Å². The van der Waals surface area contributed by atoms with Crippen LogP contribution in [0, 0.1) is 6.92 Å². The molecular formula is C16H20N4O. The smallest absolute Gasteiger partial charge is 0.318 e. The number of para-hydroxylation sites is 1. The van der Waals surface area contributed by atoms with Crippen LogP contribution in [0.15, 0.2) is 24.3 Å². The van der Waals surface area contributed by atoms with Crippen molar-refractivity contribution in [1.29, 1.82) is 0 Å². The molecule has 0 aliphatic carbocycles. The number of hydrogen-bond donors (Lipinski definition) is 2. The number of nitrogens with zero attached hydrogens (tertiary/aromatic N) is 2. The van der Waals surface area contributed by atoms with Gasteiger partial charge < -0.3 is 15.4 Å². The van der Waals surface area contributed by atoms with E-state index in [2.05, 4.69) is 39.7 Å². The molecule has 1 aliphatic rings. The lowest BCUT2D eigenvalue weighted by molar-refractivity contribution is 0.378. The molecule has 1 aromatic carbocycles. The largest absolute Gasteiger partial charge is 0.467 e. The van der Waals surface area contributed by atoms with E-state index in [1.807, 2.05) is 12.1 Å². The molecule has 0 saturated carbocycles. The molecule has 0 atom stereocenters. The summed E-state index contributed by atoms with van der Waals surface area (Å²) in [4.78, 5) is 9.01. The van der Waals surface area contributed by atoms with Crippen molar-refractivity contribution in [3.8, 4) is 6.01 Å². The molecule has 0 bridgehead atoms. The summed E-state index contributed by atoms with van der Waals surface area (Å²) in [5.41, 5.74) is 4.51. The van der Waals surface area contributed by atoms with Crippen LogP contribution < -0.4 is 15.4 Å². The van der Waals surface area contributed by atoms with E-state index in [1.165, 1.54) is 11.1 Å². The third kappa shape index (κ3) is 2.97. The van der Waals surface area contributed by atoms with Gasteiger partial charge in [0.05, 0.1) is 12.8 Å². The second-order valence-corrected chi connectivity index (χ2v) is 5.17. The Kier molecular flexibility index (Phi) is 4.01. The number of anilines is 2. The predicted molar refractivity (Wildman–Crippen MR) is 83.3 cm³/mol. The molecule has 21 heavy (non-hydrogen) atoms. The lowest BCUT2D eigenvalue weighted by Crippen LogP contribution is -2.16. The third-order valence-corrected chi connectivity index (χ3v) is 3.74. The molecule has 0 amide bonds. The van der Waals surface area contributed by atoms with Crippen molar-refractivity contribution < 1.29 is 4.74 Å². The van der Waals surface area contributed by atoms with Crippen molar-refractivity contribution in [3.05, 3.63) is 41.1 Å². The molecule has 2 N–H and O–H groups in total. The van der Waals surface area contributed by atoms with Gasteiger partial charge in [-0.25, -0.2) is 0 Å². The molecule has 5 nitrogen and oxygen atoms in total. The number of fused-ring (bicyclic) bond motifs is 1. The highest BCUT2D eigenvalue weighted by Crippen LogP contribution is 2.26. The Hall–Kier alpha value is -2.14. The first-order chi connectivity index (χ1) is 10.3. The number of methoxy groups -OCH3 is 1. The Morgan fingerprint density at radius 1 is 1.14 bits per heavy atom. The van der Waals surface area contributed by atoms with Gasteiger partial charge >= 0.3 is 6.01 Å². The number of hydrogen-bond acceptors (Lipinski definition) is 5. The van der Waals surface area contributed by atoms with Crippen molar-refractivity contribution >= 4 is 11.5 Å². The van der Waals surface area contributed by atoms with Gasteiger partial charge in [-0.3, -0.25) is 0 Å². The number of aryl methyl sites for hydroxylation is 1. The Morgan fingerprint density at radius 3 is 2.76 bits per heavy atom. The highest BCUT2D eigenvalue weighted by atomic mass is 16.5. The monoisotopic (exact) mass is 284 g/mol. The van der Waals surface area contributed by atoms with Crippen LogP contribution in [0.2, 0.25) is 0 Å². The van der Waals surface area contributed by atoms with E-state index in [0.29, 0.717) is 6.01 Å². The van der Waals surface area contributed by atoms with Gasteiger partial charge in [-0.2, -0.15) is 9.97 Å². The Bertz CT molecular complexity index is 642. The zero-order valence-electron chi connectivity index (χ0n) is 12.4. The summed E-state index contributed by atoms with van der Waals surface area (Å²) in [7, 11) is 1.61. The topological polar surface area (TPSA) is 59.1 Å². The number of nitrogens with one attached hydrogen (secondary N) is 2. The van der Waals surface area contributed by atoms with Crippen LogP contribution in [-0.4, -0.2) is 30.2 Å². The molecule has 1 aromatic heterocycles. The molecule has 0 saturated heterocycles. The highest BCUT2D eigenvalue weighted by Gasteiger charge is 2.17. The van der Waals surface area contributed by atoms with E-state index in [0.717, 1.165) is 43.1 Å². The van der Waals surface area contributed by atoms with Gasteiger partial charge in [0, 0.05) is 24.2 Å². The van der Waals surface area contributed by atoms with Gasteiger partial charge in [0.2, 0.25) is 0 Å². The second-order valence-electron chi connectivity index (χ2n) is 5.17. The van der Waals surface area contributed by atoms with Crippen molar-refractivity contribution in [2.75, 3.05) is 25.5 Å². The first kappa shape index (κ1) is 13.8. The average Bonchev–Trinajstić information content (AvgIpc) is 2.74. The molecule has 0 spiro atoms. The zero-order chi connectivity index (χ0) is 14.7. The van der Waals surface area contributed by atoms with Gasteiger partial charge in [-0.1, -0.05) is 18.2 Å². The SMILES string of the molecule is COc1nc2c(c(Nc3ccccc3C)n1)CCNCC2. The molecule has 2 aromatic rings. The van der Waals surface area contributed by atoms with Crippen LogP contribution in [0.5, 0.6) is 6.01 Å². The van der Waals surface area contributed by atoms with Crippen molar-refractivity contribution in [2.24, 2.45) is 0 Å². The molecule has 1 aliphatic heterocycles. The van der Waals surface area contributed by atoms with E-state index in [-0.39, 0.29) is 0 Å². The fraction of sp³-hybridized carbons (Fsp3) is 0.375. The predicted octanol–water partition coefficient (Wildman–Crippen LogP) is 2.23. The number of benzene rings is 1. The van der Waals surface area contributed by atoms with Gasteiger partial charge in [-0.15, -0.1) is 0 Å². The normalized spacial score (nSPS) is 14.2. The van der Waals surface area contributed by atoms with E-state index < -0.39 is 0 Å². The van der Waals surface area contributed by atoms with Crippen LogP contribution >= 0.6 is 0 Å². The summed E-state index contributed by atoms with van der Waals surface area (Å²) in [5, 5.41) is 6.84. The van der Waals surface area contributed by atoms with Gasteiger partial charge in [0.1, 0.15) is 5.82 Å². The van der Waals surface area contributed by atoms with Crippen LogP contribution in [0.1, 0.15) is 16.8 Å². The van der Waals surface area contributed by atoms with Crippen molar-refractivity contribution in [3.63, 3.8) is 0 Å². The Balaban J connectivity index is 2.02. The summed E-state index contributed by atoms with van der Waals surface area (Å²) in [6.07, 6.45) is 1.82. The molecular weight excluding hydrogens is 264 g/mol. The first-order valence-electron chi connectivity index (χ1n) is 7.25. The van der Waals surface area contributed by atoms with E-state index in [1.54, 1.807) is 7.11 Å². The average molecular weight is 284 g/mol. The summed E-state index contributed by atoms with van der Waals surface area (Å²) in [5.74, 6) is 0.856. The van der Waals surface area contributed by atoms with Crippen molar-refractivity contribution in [2.45, 2.75) is 19.8 Å². The molecule has 5 heteroatoms. The fourth-order valence-electron chi connectivity index (χ4n) is 2.56. The molecule has 110 valence electrons. The maximum Gasteiger partial charge on any atom is 0.318 e. The van der Waals surface area contributed by atoms with Gasteiger partial charge in [0.25, 0.3) is 0 Å². The standard InChI is InChI=1S/C16H20N4O/c1-11-5-3-4-6-13(11)18-15-12-7-9-17-10-8-14(12)19-16(20-15)21-2/h3-6,17H,7-10H2,1-2H3,(H,18,19,20). The molecule has 0 unspecified atom stereocenters. The Morgan fingerprint density at radius 2 is 1.95 bits per heavy atom. The number of aromatic nitrogens is 2. The highest BCUT2D eigenvalue weighted by molar-refractivity contribution is 5.63. The van der Waals surface area contributed by atoms with Crippen LogP contribution in [0.3, 0.4) is 0 Å². The van der Waals surface area contributed by atoms with E-state index in [4.69, 9.17) is 4.74 Å². The summed E-state index contributed by atoms with van der Waals surface area (Å²) in [6, 6.07) is 8.62. The van der Waals surface area contributed by atoms with E-state index >= 15 is 0 Å². The maximum atomic E-state index is 5.25. The summed E-state index contributed by atoms with van der Waals surface area (Å²) < 4.78 is 5.25. The number of ether oxygens (including phenoxy) is 1. The fourth-order valence-corrected chi connectivity index (χ4v) is 2.56. The van der Waals surface area contributed by atoms with Crippen molar-refractivity contribution in [1.82, 2.24) is 15.3 Å². The second kappa shape index (κ2) is 6.10. The van der Waals surface area contributed by atoms with Gasteiger partial charge in [-0.05, 0) is 31.5 Å². The van der Waals surface area contributed by atoms with Gasteiger partial charge in [0.15, 0.2) is 0 Å². The molecule has 2 heterocycles. The minimum atomic E-state index is 0.423. The lowest BCUT2D eigenvalue weighted by atomic mass is 10.1. The first-order valence-corrected chi connectivity index (χ1v) is 7.25. The van der Waals surface area contributed by atoms with Crippen LogP contribution in [0.4, 0.5) is 11.5 Å². The Labute approximate surface area is 124 Å². The minimum Gasteiger partial charge on any atom is -0.467 e. The third-order valence-electron chi connectivity index (χ3n) is 3.74. The summed E-state index contributed by atoms with van der Waals surface area (Å²) in [6.45, 7) is 3.98. The number of rotatable bonds is 3. The molecule has 0 radical (unpaired) electrons. The molecule has 3 rings (SSSR count). The lowest BCUT2D eigenvalue weighted by Gasteiger charge is -2.15. The zero-order valence-corrected chi connectivity index (χ0v) is 12.4. The summed E-state index contributed by atoms with van der Waals surface area (Å²) >= 11 is 0.